The zero-order chi connectivity index (χ0) is 15.4. The maximum atomic E-state index is 13.5. The Morgan fingerprint density at radius 1 is 1.19 bits per heavy atom. The van der Waals surface area contributed by atoms with Crippen LogP contribution in [-0.2, 0) is 21.3 Å². The van der Waals surface area contributed by atoms with Crippen LogP contribution in [0.1, 0.15) is 24.0 Å². The molecule has 0 saturated heterocycles. The van der Waals surface area contributed by atoms with Crippen LogP contribution in [0.3, 0.4) is 0 Å². The highest BCUT2D eigenvalue weighted by Gasteiger charge is 2.14. The molecular weight excluding hydrogens is 291 g/mol. The third-order valence-corrected chi connectivity index (χ3v) is 4.65. The van der Waals surface area contributed by atoms with Gasteiger partial charge < -0.3 is 5.11 Å². The van der Waals surface area contributed by atoms with Gasteiger partial charge in [0.15, 0.2) is 0 Å². The van der Waals surface area contributed by atoms with Crippen molar-refractivity contribution in [3.63, 3.8) is 0 Å². The van der Waals surface area contributed by atoms with Gasteiger partial charge in [0.25, 0.3) is 0 Å². The van der Waals surface area contributed by atoms with E-state index in [-0.39, 0.29) is 10.6 Å². The Kier molecular flexibility index (Phi) is 4.85. The predicted octanol–water partition coefficient (Wildman–Crippen LogP) is 3.32. The highest BCUT2D eigenvalue weighted by molar-refractivity contribution is 7.84. The molecule has 0 amide bonds. The average Bonchev–Trinajstić information content (AvgIpc) is 2.47. The van der Waals surface area contributed by atoms with Gasteiger partial charge in [-0.05, 0) is 30.2 Å². The first kappa shape index (κ1) is 15.4. The summed E-state index contributed by atoms with van der Waals surface area (Å²) in [6, 6.07) is 12.9. The lowest BCUT2D eigenvalue weighted by molar-refractivity contribution is -0.138. The van der Waals surface area contributed by atoms with Gasteiger partial charge in [-0.3, -0.25) is 9.00 Å². The number of carbonyl (C=O) groups is 1. The maximum absolute atomic E-state index is 13.5. The summed E-state index contributed by atoms with van der Waals surface area (Å²) in [5.41, 5.74) is 1.46. The standard InChI is InChI=1S/C16H15FO3S/c1-11(16(18)19)13-8-6-12(7-9-13)10-21(20)15-5-3-2-4-14(15)17/h2-9,11H,10H2,1H3,(H,18,19). The van der Waals surface area contributed by atoms with Gasteiger partial charge in [-0.2, -0.15) is 0 Å². The van der Waals surface area contributed by atoms with Crippen molar-refractivity contribution in [2.24, 2.45) is 0 Å². The van der Waals surface area contributed by atoms with E-state index < -0.39 is 28.5 Å². The van der Waals surface area contributed by atoms with Crippen LogP contribution in [-0.4, -0.2) is 15.3 Å². The number of halogens is 1. The van der Waals surface area contributed by atoms with Crippen LogP contribution in [0.4, 0.5) is 4.39 Å². The van der Waals surface area contributed by atoms with Crippen molar-refractivity contribution < 1.29 is 18.5 Å². The quantitative estimate of drug-likeness (QED) is 0.922. The smallest absolute Gasteiger partial charge is 0.310 e. The van der Waals surface area contributed by atoms with Gasteiger partial charge in [-0.25, -0.2) is 4.39 Å². The average molecular weight is 306 g/mol. The molecule has 0 fully saturated rings. The first-order chi connectivity index (χ1) is 9.99. The molecule has 2 unspecified atom stereocenters. The number of carboxylic acid groups (broad SMARTS) is 1. The van der Waals surface area contributed by atoms with Crippen LogP contribution in [0.5, 0.6) is 0 Å². The van der Waals surface area contributed by atoms with E-state index in [9.17, 15) is 13.4 Å². The molecule has 0 aliphatic rings. The first-order valence-corrected chi connectivity index (χ1v) is 7.75. The fourth-order valence-corrected chi connectivity index (χ4v) is 3.07. The molecule has 5 heteroatoms. The number of carboxylic acids is 1. The first-order valence-electron chi connectivity index (χ1n) is 6.43. The molecule has 0 aliphatic heterocycles. The second-order valence-electron chi connectivity index (χ2n) is 4.72. The second kappa shape index (κ2) is 6.63. The van der Waals surface area contributed by atoms with Crippen LogP contribution in [0.25, 0.3) is 0 Å². The van der Waals surface area contributed by atoms with Crippen molar-refractivity contribution >= 4 is 16.8 Å². The Bertz CT molecular complexity index is 667. The third kappa shape index (κ3) is 3.76. The molecule has 0 heterocycles. The molecule has 2 atom stereocenters. The molecular formula is C16H15FO3S. The van der Waals surface area contributed by atoms with Crippen molar-refractivity contribution in [3.05, 3.63) is 65.5 Å². The second-order valence-corrected chi connectivity index (χ2v) is 6.14. The zero-order valence-electron chi connectivity index (χ0n) is 11.5. The van der Waals surface area contributed by atoms with Crippen molar-refractivity contribution in [1.29, 1.82) is 0 Å². The molecule has 0 bridgehead atoms. The minimum Gasteiger partial charge on any atom is -0.481 e. The molecule has 0 spiro atoms. The molecule has 2 rings (SSSR count). The van der Waals surface area contributed by atoms with Crippen LogP contribution in [0.15, 0.2) is 53.4 Å². The molecule has 2 aromatic carbocycles. The largest absolute Gasteiger partial charge is 0.481 e. The lowest BCUT2D eigenvalue weighted by atomic mass is 10.0. The fraction of sp³-hybridized carbons (Fsp3) is 0.188. The number of aliphatic carboxylic acids is 1. The highest BCUT2D eigenvalue weighted by Crippen LogP contribution is 2.19. The molecule has 0 aliphatic carbocycles. The number of rotatable bonds is 5. The fourth-order valence-electron chi connectivity index (χ4n) is 1.90. The molecule has 0 aromatic heterocycles. The van der Waals surface area contributed by atoms with Gasteiger partial charge in [0.1, 0.15) is 5.82 Å². The maximum Gasteiger partial charge on any atom is 0.310 e. The van der Waals surface area contributed by atoms with E-state index in [0.29, 0.717) is 5.56 Å². The minimum atomic E-state index is -1.46. The summed E-state index contributed by atoms with van der Waals surface area (Å²) in [4.78, 5) is 11.1. The topological polar surface area (TPSA) is 54.4 Å². The molecule has 0 saturated carbocycles. The van der Waals surface area contributed by atoms with Gasteiger partial charge in [0.2, 0.25) is 0 Å². The summed E-state index contributed by atoms with van der Waals surface area (Å²) in [6.45, 7) is 1.61. The molecule has 110 valence electrons. The molecule has 21 heavy (non-hydrogen) atoms. The Hall–Kier alpha value is -2.01. The molecule has 3 nitrogen and oxygen atoms in total. The van der Waals surface area contributed by atoms with Crippen molar-refractivity contribution in [3.8, 4) is 0 Å². The van der Waals surface area contributed by atoms with E-state index in [1.54, 1.807) is 43.3 Å². The summed E-state index contributed by atoms with van der Waals surface area (Å²) in [6.07, 6.45) is 0. The van der Waals surface area contributed by atoms with Gasteiger partial charge in [0.05, 0.1) is 27.4 Å². The Morgan fingerprint density at radius 3 is 2.38 bits per heavy atom. The molecule has 2 aromatic rings. The molecule has 0 radical (unpaired) electrons. The Labute approximate surface area is 124 Å². The highest BCUT2D eigenvalue weighted by atomic mass is 32.2. The van der Waals surface area contributed by atoms with Crippen LogP contribution < -0.4 is 0 Å². The minimum absolute atomic E-state index is 0.181. The summed E-state index contributed by atoms with van der Waals surface area (Å²) in [5.74, 6) is -1.76. The lowest BCUT2D eigenvalue weighted by Gasteiger charge is -2.08. The SMILES string of the molecule is CC(C(=O)O)c1ccc(CS(=O)c2ccccc2F)cc1. The Balaban J connectivity index is 2.12. The van der Waals surface area contributed by atoms with Crippen LogP contribution in [0, 0.1) is 5.82 Å². The molecule has 1 N–H and O–H groups in total. The van der Waals surface area contributed by atoms with E-state index in [1.807, 2.05) is 0 Å². The van der Waals surface area contributed by atoms with Gasteiger partial charge in [-0.1, -0.05) is 36.4 Å². The van der Waals surface area contributed by atoms with Crippen molar-refractivity contribution in [2.45, 2.75) is 23.5 Å². The van der Waals surface area contributed by atoms with Gasteiger partial charge in [-0.15, -0.1) is 0 Å². The van der Waals surface area contributed by atoms with E-state index in [2.05, 4.69) is 0 Å². The number of benzene rings is 2. The summed E-state index contributed by atoms with van der Waals surface area (Å²) >= 11 is 0. The van der Waals surface area contributed by atoms with E-state index >= 15 is 0 Å². The van der Waals surface area contributed by atoms with Gasteiger partial charge >= 0.3 is 5.97 Å². The predicted molar refractivity (Wildman–Crippen MR) is 79.0 cm³/mol. The van der Waals surface area contributed by atoms with Crippen molar-refractivity contribution in [1.82, 2.24) is 0 Å². The zero-order valence-corrected chi connectivity index (χ0v) is 12.3. The number of hydrogen-bond acceptors (Lipinski definition) is 2. The third-order valence-electron chi connectivity index (χ3n) is 3.23. The monoisotopic (exact) mass is 306 g/mol. The van der Waals surface area contributed by atoms with Crippen molar-refractivity contribution in [2.75, 3.05) is 0 Å². The normalized spacial score (nSPS) is 13.6. The number of hydrogen-bond donors (Lipinski definition) is 1. The van der Waals surface area contributed by atoms with Crippen LogP contribution >= 0.6 is 0 Å². The Morgan fingerprint density at radius 2 is 1.81 bits per heavy atom. The van der Waals surface area contributed by atoms with E-state index in [4.69, 9.17) is 5.11 Å². The van der Waals surface area contributed by atoms with E-state index in [1.165, 1.54) is 12.1 Å². The summed E-state index contributed by atoms with van der Waals surface area (Å²) < 4.78 is 25.7. The van der Waals surface area contributed by atoms with Crippen LogP contribution in [0.2, 0.25) is 0 Å². The van der Waals surface area contributed by atoms with E-state index in [0.717, 1.165) is 5.56 Å². The van der Waals surface area contributed by atoms with Gasteiger partial charge in [0, 0.05) is 0 Å². The summed E-state index contributed by atoms with van der Waals surface area (Å²) in [7, 11) is -1.46. The summed E-state index contributed by atoms with van der Waals surface area (Å²) in [5, 5.41) is 8.94. The lowest BCUT2D eigenvalue weighted by Crippen LogP contribution is -2.07.